The summed E-state index contributed by atoms with van der Waals surface area (Å²) in [5.41, 5.74) is 10.1. The fraction of sp³-hybridized carbons (Fsp3) is 0.308. The van der Waals surface area contributed by atoms with Gasteiger partial charge in [0.15, 0.2) is 0 Å². The number of pyridine rings is 1. The van der Waals surface area contributed by atoms with Crippen molar-refractivity contribution in [1.82, 2.24) is 14.5 Å². The van der Waals surface area contributed by atoms with Gasteiger partial charge in [0.1, 0.15) is 0 Å². The third-order valence-electron chi connectivity index (χ3n) is 3.15. The Labute approximate surface area is 125 Å². The van der Waals surface area contributed by atoms with Gasteiger partial charge < -0.3 is 5.73 Å². The molecule has 0 radical (unpaired) electrons. The molecule has 19 heavy (non-hydrogen) atoms. The van der Waals surface area contributed by atoms with E-state index in [9.17, 15) is 4.79 Å². The smallest absolute Gasteiger partial charge is 0.267 e. The van der Waals surface area contributed by atoms with Crippen LogP contribution in [0, 0.1) is 24.3 Å². The highest BCUT2D eigenvalue weighted by Crippen LogP contribution is 2.18. The van der Waals surface area contributed by atoms with Crippen LogP contribution in [0.4, 0.5) is 5.69 Å². The first-order chi connectivity index (χ1) is 8.91. The van der Waals surface area contributed by atoms with E-state index in [-0.39, 0.29) is 5.56 Å². The molecule has 2 heterocycles. The molecule has 5 nitrogen and oxygen atoms in total. The lowest BCUT2D eigenvalue weighted by atomic mass is 10.1. The second-order valence-corrected chi connectivity index (χ2v) is 5.58. The van der Waals surface area contributed by atoms with Crippen molar-refractivity contribution in [2.24, 2.45) is 0 Å². The maximum atomic E-state index is 12.1. The summed E-state index contributed by atoms with van der Waals surface area (Å²) < 4.78 is 2.19. The van der Waals surface area contributed by atoms with Crippen molar-refractivity contribution in [3.8, 4) is 0 Å². The predicted octanol–water partition coefficient (Wildman–Crippen LogP) is 1.80. The van der Waals surface area contributed by atoms with E-state index in [1.54, 1.807) is 17.1 Å². The van der Waals surface area contributed by atoms with Gasteiger partial charge in [-0.1, -0.05) is 0 Å². The number of rotatable bonds is 2. The molecule has 0 unspecified atom stereocenters. The van der Waals surface area contributed by atoms with E-state index >= 15 is 0 Å². The van der Waals surface area contributed by atoms with Crippen LogP contribution in [0.1, 0.15) is 22.5 Å². The standard InChI is InChI=1S/C13H15IN4O/c1-7-4-16-10(8(2)12(7)15)5-18-6-17-9(3)11(14)13(18)19/h4,6H,5H2,1-3H3,(H2,15,16). The summed E-state index contributed by atoms with van der Waals surface area (Å²) >= 11 is 2.02. The lowest BCUT2D eigenvalue weighted by Crippen LogP contribution is -2.25. The van der Waals surface area contributed by atoms with Crippen molar-refractivity contribution < 1.29 is 0 Å². The van der Waals surface area contributed by atoms with E-state index in [0.29, 0.717) is 10.1 Å². The number of aryl methyl sites for hydroxylation is 2. The van der Waals surface area contributed by atoms with Crippen molar-refractivity contribution in [3.05, 3.63) is 49.0 Å². The average molecular weight is 370 g/mol. The molecule has 0 aliphatic rings. The van der Waals surface area contributed by atoms with E-state index in [1.165, 1.54) is 0 Å². The summed E-state index contributed by atoms with van der Waals surface area (Å²) in [7, 11) is 0. The molecular weight excluding hydrogens is 355 g/mol. The molecule has 0 atom stereocenters. The topological polar surface area (TPSA) is 73.8 Å². The Bertz CT molecular complexity index is 694. The van der Waals surface area contributed by atoms with Crippen LogP contribution in [0.5, 0.6) is 0 Å². The van der Waals surface area contributed by atoms with Crippen molar-refractivity contribution in [2.75, 3.05) is 5.73 Å². The molecule has 0 amide bonds. The number of nitrogen functional groups attached to an aromatic ring is 1. The van der Waals surface area contributed by atoms with Crippen LogP contribution in [0.15, 0.2) is 17.3 Å². The number of aromatic nitrogens is 3. The SMILES string of the molecule is Cc1cnc(Cn2cnc(C)c(I)c2=O)c(C)c1N. The van der Waals surface area contributed by atoms with Crippen molar-refractivity contribution in [1.29, 1.82) is 0 Å². The molecule has 0 aliphatic carbocycles. The largest absolute Gasteiger partial charge is 0.398 e. The van der Waals surface area contributed by atoms with Crippen LogP contribution < -0.4 is 11.3 Å². The molecule has 2 rings (SSSR count). The molecule has 0 saturated heterocycles. The lowest BCUT2D eigenvalue weighted by Gasteiger charge is -2.11. The summed E-state index contributed by atoms with van der Waals surface area (Å²) in [5, 5.41) is 0. The van der Waals surface area contributed by atoms with E-state index in [2.05, 4.69) is 9.97 Å². The first-order valence-corrected chi connectivity index (χ1v) is 6.91. The molecule has 2 N–H and O–H groups in total. The molecule has 2 aromatic rings. The zero-order valence-electron chi connectivity index (χ0n) is 11.1. The van der Waals surface area contributed by atoms with Crippen LogP contribution in [0.3, 0.4) is 0 Å². The van der Waals surface area contributed by atoms with Crippen LogP contribution in [-0.2, 0) is 6.54 Å². The fourth-order valence-corrected chi connectivity index (χ4v) is 2.22. The minimum atomic E-state index is -0.0477. The quantitative estimate of drug-likeness (QED) is 0.819. The van der Waals surface area contributed by atoms with E-state index < -0.39 is 0 Å². The van der Waals surface area contributed by atoms with Gasteiger partial charge in [-0.15, -0.1) is 0 Å². The van der Waals surface area contributed by atoms with Gasteiger partial charge in [0.05, 0.1) is 27.8 Å². The second kappa shape index (κ2) is 5.28. The number of nitrogens with two attached hydrogens (primary N) is 1. The first kappa shape index (κ1) is 14.0. The maximum Gasteiger partial charge on any atom is 0.267 e. The number of nitrogens with zero attached hydrogens (tertiary/aromatic N) is 3. The Hall–Kier alpha value is -1.44. The summed E-state index contributed by atoms with van der Waals surface area (Å²) in [6.07, 6.45) is 3.28. The summed E-state index contributed by atoms with van der Waals surface area (Å²) in [6, 6.07) is 0. The van der Waals surface area contributed by atoms with Gasteiger partial charge in [-0.25, -0.2) is 4.98 Å². The van der Waals surface area contributed by atoms with Gasteiger partial charge in [0.2, 0.25) is 0 Å². The molecular formula is C13H15IN4O. The van der Waals surface area contributed by atoms with Crippen LogP contribution in [0.2, 0.25) is 0 Å². The molecule has 0 spiro atoms. The third-order valence-corrected chi connectivity index (χ3v) is 4.39. The molecule has 100 valence electrons. The monoisotopic (exact) mass is 370 g/mol. The Morgan fingerprint density at radius 1 is 1.32 bits per heavy atom. The Balaban J connectivity index is 2.46. The minimum absolute atomic E-state index is 0.0477. The molecule has 0 aromatic carbocycles. The van der Waals surface area contributed by atoms with E-state index in [1.807, 2.05) is 43.4 Å². The zero-order valence-corrected chi connectivity index (χ0v) is 13.2. The van der Waals surface area contributed by atoms with Gasteiger partial charge in [0.25, 0.3) is 5.56 Å². The highest BCUT2D eigenvalue weighted by atomic mass is 127. The molecule has 0 fully saturated rings. The lowest BCUT2D eigenvalue weighted by molar-refractivity contribution is 0.704. The molecule has 6 heteroatoms. The van der Waals surface area contributed by atoms with Crippen molar-refractivity contribution >= 4 is 28.3 Å². The molecule has 0 aliphatic heterocycles. The number of hydrogen-bond donors (Lipinski definition) is 1. The van der Waals surface area contributed by atoms with Crippen LogP contribution in [-0.4, -0.2) is 14.5 Å². The van der Waals surface area contributed by atoms with Gasteiger partial charge in [-0.3, -0.25) is 14.3 Å². The summed E-state index contributed by atoms with van der Waals surface area (Å²) in [4.78, 5) is 20.7. The minimum Gasteiger partial charge on any atom is -0.398 e. The van der Waals surface area contributed by atoms with E-state index in [0.717, 1.165) is 28.2 Å². The molecule has 0 saturated carbocycles. The Morgan fingerprint density at radius 2 is 2.00 bits per heavy atom. The highest BCUT2D eigenvalue weighted by molar-refractivity contribution is 14.1. The van der Waals surface area contributed by atoms with Gasteiger partial charge in [0, 0.05) is 11.9 Å². The predicted molar refractivity (Wildman–Crippen MR) is 83.2 cm³/mol. The van der Waals surface area contributed by atoms with Crippen LogP contribution in [0.25, 0.3) is 0 Å². The first-order valence-electron chi connectivity index (χ1n) is 5.84. The number of halogens is 1. The molecule has 2 aromatic heterocycles. The van der Waals surface area contributed by atoms with Crippen molar-refractivity contribution in [2.45, 2.75) is 27.3 Å². The number of anilines is 1. The highest BCUT2D eigenvalue weighted by Gasteiger charge is 2.10. The van der Waals surface area contributed by atoms with E-state index in [4.69, 9.17) is 5.73 Å². The second-order valence-electron chi connectivity index (χ2n) is 4.50. The Morgan fingerprint density at radius 3 is 2.68 bits per heavy atom. The van der Waals surface area contributed by atoms with Crippen molar-refractivity contribution in [3.63, 3.8) is 0 Å². The normalized spacial score (nSPS) is 10.7. The molecule has 0 bridgehead atoms. The zero-order chi connectivity index (χ0) is 14.2. The summed E-state index contributed by atoms with van der Waals surface area (Å²) in [5.74, 6) is 0. The summed E-state index contributed by atoms with van der Waals surface area (Å²) in [6.45, 7) is 6.04. The third kappa shape index (κ3) is 2.63. The maximum absolute atomic E-state index is 12.1. The number of hydrogen-bond acceptors (Lipinski definition) is 4. The fourth-order valence-electron chi connectivity index (χ4n) is 1.77. The van der Waals surface area contributed by atoms with Crippen LogP contribution >= 0.6 is 22.6 Å². The average Bonchev–Trinajstić information content (AvgIpc) is 2.39. The Kier molecular flexibility index (Phi) is 3.88. The van der Waals surface area contributed by atoms with Gasteiger partial charge in [-0.2, -0.15) is 0 Å². The van der Waals surface area contributed by atoms with Gasteiger partial charge in [-0.05, 0) is 54.5 Å². The van der Waals surface area contributed by atoms with Gasteiger partial charge >= 0.3 is 0 Å².